The largest absolute Gasteiger partial charge is 0.458 e. The number of hydrogen-bond acceptors (Lipinski definition) is 7. The van der Waals surface area contributed by atoms with Gasteiger partial charge in [0.2, 0.25) is 0 Å². The third-order valence-corrected chi connectivity index (χ3v) is 6.77. The molecule has 3 N–H and O–H groups in total. The molecular formula is C25H17FN6O5. The van der Waals surface area contributed by atoms with E-state index in [9.17, 15) is 14.4 Å². The fraction of sp³-hybridized carbons (Fsp3) is 0.160. The molecule has 37 heavy (non-hydrogen) atoms. The number of aryl methyl sites for hydroxylation is 1. The van der Waals surface area contributed by atoms with Crippen LogP contribution in [0.1, 0.15) is 27.4 Å². The number of halogens is 1. The zero-order chi connectivity index (χ0) is 25.5. The number of aromatic amines is 1. The van der Waals surface area contributed by atoms with E-state index in [4.69, 9.17) is 8.83 Å². The number of aromatic nitrogens is 3. The monoisotopic (exact) mass is 500 g/mol. The summed E-state index contributed by atoms with van der Waals surface area (Å²) < 4.78 is 26.7. The number of rotatable bonds is 4. The van der Waals surface area contributed by atoms with E-state index in [1.165, 1.54) is 4.90 Å². The second-order valence-electron chi connectivity index (χ2n) is 9.15. The van der Waals surface area contributed by atoms with Gasteiger partial charge in [0.25, 0.3) is 11.8 Å². The summed E-state index contributed by atoms with van der Waals surface area (Å²) in [4.78, 5) is 44.6. The Bertz CT molecular complexity index is 1790. The highest BCUT2D eigenvalue weighted by atomic mass is 19.1. The first-order valence-electron chi connectivity index (χ1n) is 11.4. The van der Waals surface area contributed by atoms with E-state index < -0.39 is 29.2 Å². The molecule has 2 aliphatic rings. The van der Waals surface area contributed by atoms with Crippen molar-refractivity contribution in [2.24, 2.45) is 0 Å². The minimum Gasteiger partial charge on any atom is -0.458 e. The summed E-state index contributed by atoms with van der Waals surface area (Å²) in [6.07, 6.45) is 3.31. The van der Waals surface area contributed by atoms with Crippen LogP contribution in [0.3, 0.4) is 0 Å². The Morgan fingerprint density at radius 2 is 2.03 bits per heavy atom. The molecule has 1 aromatic carbocycles. The number of nitrogens with zero attached hydrogens (tertiary/aromatic N) is 3. The lowest BCUT2D eigenvalue weighted by Crippen LogP contribution is -2.52. The van der Waals surface area contributed by atoms with Gasteiger partial charge in [0.1, 0.15) is 17.0 Å². The predicted octanol–water partition coefficient (Wildman–Crippen LogP) is 3.10. The maximum absolute atomic E-state index is 15.2. The van der Waals surface area contributed by atoms with Gasteiger partial charge in [0.15, 0.2) is 22.5 Å². The van der Waals surface area contributed by atoms with Crippen molar-refractivity contribution in [2.45, 2.75) is 19.0 Å². The van der Waals surface area contributed by atoms with E-state index in [1.54, 1.807) is 49.6 Å². The van der Waals surface area contributed by atoms with Crippen LogP contribution in [0.15, 0.2) is 51.6 Å². The zero-order valence-electron chi connectivity index (χ0n) is 19.2. The Kier molecular flexibility index (Phi) is 4.18. The fourth-order valence-electron chi connectivity index (χ4n) is 5.07. The van der Waals surface area contributed by atoms with Crippen LogP contribution in [0.2, 0.25) is 0 Å². The number of imide groups is 1. The Labute approximate surface area is 206 Å². The number of urea groups is 1. The topological polar surface area (TPSA) is 146 Å². The van der Waals surface area contributed by atoms with Gasteiger partial charge in [-0.1, -0.05) is 0 Å². The minimum atomic E-state index is -1.74. The molecule has 4 amide bonds. The first kappa shape index (κ1) is 21.3. The predicted molar refractivity (Wildman–Crippen MR) is 126 cm³/mol. The molecule has 2 aliphatic heterocycles. The first-order valence-corrected chi connectivity index (χ1v) is 11.4. The quantitative estimate of drug-likeness (QED) is 0.321. The normalized spacial score (nSPS) is 19.2. The molecule has 1 atom stereocenters. The van der Waals surface area contributed by atoms with Crippen LogP contribution in [0.25, 0.3) is 33.3 Å². The number of pyridine rings is 1. The zero-order valence-corrected chi connectivity index (χ0v) is 19.2. The molecule has 0 aliphatic carbocycles. The molecule has 12 heteroatoms. The molecular weight excluding hydrogens is 483 g/mol. The highest BCUT2D eigenvalue weighted by Gasteiger charge is 2.53. The third kappa shape index (κ3) is 3.01. The molecule has 0 spiro atoms. The molecule has 5 aromatic rings. The molecule has 184 valence electrons. The van der Waals surface area contributed by atoms with E-state index in [-0.39, 0.29) is 30.0 Å². The van der Waals surface area contributed by atoms with E-state index in [1.807, 2.05) is 0 Å². The standard InChI is InChI=1S/C25H17FN6O5/c1-11-4-12-5-13-9-32(22(33)19(13)20(26)21(12)36-11)10-25(23(34)30-24(35)31-25)18-6-16-17(37-18)3-2-15(29-16)14-7-27-28-8-14/h2-8H,9-10H2,1H3,(H,27,28)(H2,30,31,34,35)/t25-/m1/s1. The lowest BCUT2D eigenvalue weighted by atomic mass is 9.95. The lowest BCUT2D eigenvalue weighted by Gasteiger charge is -2.28. The smallest absolute Gasteiger partial charge is 0.322 e. The van der Waals surface area contributed by atoms with Crippen LogP contribution < -0.4 is 10.6 Å². The number of furan rings is 2. The van der Waals surface area contributed by atoms with Crippen molar-refractivity contribution in [1.29, 1.82) is 0 Å². The molecule has 4 aromatic heterocycles. The van der Waals surface area contributed by atoms with Gasteiger partial charge in [0.05, 0.1) is 24.0 Å². The van der Waals surface area contributed by atoms with Crippen molar-refractivity contribution in [3.05, 3.63) is 71.2 Å². The van der Waals surface area contributed by atoms with Gasteiger partial charge in [-0.05, 0) is 36.8 Å². The van der Waals surface area contributed by atoms with Gasteiger partial charge < -0.3 is 19.1 Å². The number of amides is 4. The van der Waals surface area contributed by atoms with Crippen molar-refractivity contribution in [3.63, 3.8) is 0 Å². The number of nitrogens with one attached hydrogen (secondary N) is 3. The summed E-state index contributed by atoms with van der Waals surface area (Å²) >= 11 is 0. The molecule has 0 bridgehead atoms. The molecule has 0 radical (unpaired) electrons. The second kappa shape index (κ2) is 7.26. The van der Waals surface area contributed by atoms with Crippen LogP contribution in [-0.2, 0) is 16.9 Å². The van der Waals surface area contributed by atoms with Crippen LogP contribution in [0.5, 0.6) is 0 Å². The van der Waals surface area contributed by atoms with Crippen LogP contribution in [-0.4, -0.2) is 44.5 Å². The molecule has 6 heterocycles. The SMILES string of the molecule is Cc1cc2cc3c(c(F)c2o1)C(=O)N(C[C@]1(c2cc4nc(-c5cn[nH]c5)ccc4o2)NC(=O)NC1=O)C3. The van der Waals surface area contributed by atoms with Gasteiger partial charge in [-0.2, -0.15) is 5.10 Å². The Hall–Kier alpha value is -5.00. The number of carbonyl (C=O) groups is 3. The lowest BCUT2D eigenvalue weighted by molar-refractivity contribution is -0.125. The van der Waals surface area contributed by atoms with E-state index in [2.05, 4.69) is 25.8 Å². The number of benzene rings is 1. The number of hydrogen-bond donors (Lipinski definition) is 3. The summed E-state index contributed by atoms with van der Waals surface area (Å²) in [6, 6.07) is 7.64. The van der Waals surface area contributed by atoms with Gasteiger partial charge in [-0.25, -0.2) is 14.2 Å². The average molecular weight is 500 g/mol. The maximum Gasteiger partial charge on any atom is 0.322 e. The van der Waals surface area contributed by atoms with Crippen LogP contribution in [0.4, 0.5) is 9.18 Å². The highest BCUT2D eigenvalue weighted by Crippen LogP contribution is 2.37. The number of carbonyl (C=O) groups excluding carboxylic acids is 3. The molecule has 0 unspecified atom stereocenters. The molecule has 1 fully saturated rings. The van der Waals surface area contributed by atoms with Gasteiger partial charge in [-0.3, -0.25) is 20.0 Å². The van der Waals surface area contributed by atoms with E-state index >= 15 is 4.39 Å². The van der Waals surface area contributed by atoms with Crippen molar-refractivity contribution >= 4 is 39.9 Å². The molecule has 11 nitrogen and oxygen atoms in total. The summed E-state index contributed by atoms with van der Waals surface area (Å²) in [5.74, 6) is -1.44. The molecule has 1 saturated heterocycles. The van der Waals surface area contributed by atoms with Crippen molar-refractivity contribution < 1.29 is 27.6 Å². The van der Waals surface area contributed by atoms with Gasteiger partial charge in [0, 0.05) is 29.8 Å². The summed E-state index contributed by atoms with van der Waals surface area (Å²) in [6.45, 7) is 1.45. The highest BCUT2D eigenvalue weighted by molar-refractivity contribution is 6.08. The van der Waals surface area contributed by atoms with E-state index in [0.29, 0.717) is 33.5 Å². The third-order valence-electron chi connectivity index (χ3n) is 6.77. The Morgan fingerprint density at radius 3 is 2.78 bits per heavy atom. The fourth-order valence-corrected chi connectivity index (χ4v) is 5.07. The maximum atomic E-state index is 15.2. The first-order chi connectivity index (χ1) is 17.8. The molecule has 0 saturated carbocycles. The minimum absolute atomic E-state index is 0.00450. The van der Waals surface area contributed by atoms with Crippen molar-refractivity contribution in [1.82, 2.24) is 30.7 Å². The van der Waals surface area contributed by atoms with Gasteiger partial charge in [-0.15, -0.1) is 0 Å². The second-order valence-corrected chi connectivity index (χ2v) is 9.15. The Balaban J connectivity index is 1.29. The number of fused-ring (bicyclic) bond motifs is 3. The average Bonchev–Trinajstić information content (AvgIpc) is 3.66. The number of H-pyrrole nitrogens is 1. The molecule has 7 rings (SSSR count). The summed E-state index contributed by atoms with van der Waals surface area (Å²) in [7, 11) is 0. The van der Waals surface area contributed by atoms with E-state index in [0.717, 1.165) is 5.56 Å². The summed E-state index contributed by atoms with van der Waals surface area (Å²) in [5.41, 5.74) is 0.831. The summed E-state index contributed by atoms with van der Waals surface area (Å²) in [5, 5.41) is 12.0. The van der Waals surface area contributed by atoms with Crippen molar-refractivity contribution in [3.8, 4) is 11.3 Å². The van der Waals surface area contributed by atoms with Crippen molar-refractivity contribution in [2.75, 3.05) is 6.54 Å². The Morgan fingerprint density at radius 1 is 1.16 bits per heavy atom. The van der Waals surface area contributed by atoms with Crippen LogP contribution in [0, 0.1) is 12.7 Å². The van der Waals surface area contributed by atoms with Gasteiger partial charge >= 0.3 is 6.03 Å². The van der Waals surface area contributed by atoms with Crippen LogP contribution >= 0.6 is 0 Å².